The Morgan fingerprint density at radius 2 is 2.50 bits per heavy atom. The first-order chi connectivity index (χ1) is 8.74. The van der Waals surface area contributed by atoms with Crippen molar-refractivity contribution in [3.8, 4) is 0 Å². The summed E-state index contributed by atoms with van der Waals surface area (Å²) in [6.45, 7) is 3.02. The molecule has 0 radical (unpaired) electrons. The second kappa shape index (κ2) is 4.61. The van der Waals surface area contributed by atoms with Gasteiger partial charge in [-0.2, -0.15) is 0 Å². The number of pyridine rings is 1. The second-order valence-electron chi connectivity index (χ2n) is 5.60. The van der Waals surface area contributed by atoms with Gasteiger partial charge >= 0.3 is 0 Å². The monoisotopic (exact) mass is 247 g/mol. The highest BCUT2D eigenvalue weighted by atomic mass is 16.5. The Balaban J connectivity index is 1.90. The summed E-state index contributed by atoms with van der Waals surface area (Å²) in [4.78, 5) is 4.56. The molecule has 3 atom stereocenters. The van der Waals surface area contributed by atoms with Crippen molar-refractivity contribution in [2.24, 2.45) is 5.84 Å². The molecule has 0 spiro atoms. The van der Waals surface area contributed by atoms with Crippen molar-refractivity contribution in [1.29, 1.82) is 0 Å². The van der Waals surface area contributed by atoms with Crippen LogP contribution < -0.4 is 11.3 Å². The summed E-state index contributed by atoms with van der Waals surface area (Å²) >= 11 is 0. The Morgan fingerprint density at radius 1 is 1.61 bits per heavy atom. The maximum absolute atomic E-state index is 5.95. The van der Waals surface area contributed by atoms with E-state index >= 15 is 0 Å². The molecule has 3 rings (SSSR count). The topological polar surface area (TPSA) is 60.2 Å². The minimum absolute atomic E-state index is 0.149. The average molecular weight is 247 g/mol. The molecule has 18 heavy (non-hydrogen) atoms. The zero-order valence-corrected chi connectivity index (χ0v) is 10.9. The molecule has 1 aromatic rings. The molecule has 4 nitrogen and oxygen atoms in total. The van der Waals surface area contributed by atoms with Crippen molar-refractivity contribution in [3.63, 3.8) is 0 Å². The van der Waals surface area contributed by atoms with Crippen LogP contribution in [0.15, 0.2) is 18.3 Å². The fraction of sp³-hybridized carbons (Fsp3) is 0.643. The third-order valence-corrected chi connectivity index (χ3v) is 4.49. The summed E-state index contributed by atoms with van der Waals surface area (Å²) in [5, 5.41) is 0. The maximum Gasteiger partial charge on any atom is 0.0827 e. The number of nitrogens with two attached hydrogens (primary N) is 1. The smallest absolute Gasteiger partial charge is 0.0827 e. The van der Waals surface area contributed by atoms with Crippen molar-refractivity contribution >= 4 is 0 Å². The molecule has 3 N–H and O–H groups in total. The van der Waals surface area contributed by atoms with Crippen LogP contribution in [-0.2, 0) is 11.2 Å². The van der Waals surface area contributed by atoms with Gasteiger partial charge in [0.05, 0.1) is 11.6 Å². The number of rotatable bonds is 3. The molecule has 1 fully saturated rings. The number of aromatic nitrogens is 1. The van der Waals surface area contributed by atoms with E-state index in [-0.39, 0.29) is 11.6 Å². The average Bonchev–Trinajstić information content (AvgIpc) is 2.99. The van der Waals surface area contributed by atoms with Gasteiger partial charge in [0.2, 0.25) is 0 Å². The van der Waals surface area contributed by atoms with Gasteiger partial charge in [0.15, 0.2) is 0 Å². The van der Waals surface area contributed by atoms with Crippen LogP contribution in [0.4, 0.5) is 0 Å². The summed E-state index contributed by atoms with van der Waals surface area (Å²) < 4.78 is 5.95. The van der Waals surface area contributed by atoms with Gasteiger partial charge in [0, 0.05) is 24.4 Å². The lowest BCUT2D eigenvalue weighted by Gasteiger charge is -2.36. The third-order valence-electron chi connectivity index (χ3n) is 4.49. The molecule has 0 bridgehead atoms. The molecule has 98 valence electrons. The van der Waals surface area contributed by atoms with Crippen molar-refractivity contribution < 1.29 is 4.74 Å². The molecule has 1 saturated heterocycles. The van der Waals surface area contributed by atoms with E-state index in [4.69, 9.17) is 10.6 Å². The van der Waals surface area contributed by atoms with E-state index in [1.54, 1.807) is 0 Å². The number of hydrogen-bond acceptors (Lipinski definition) is 4. The number of nitrogens with one attached hydrogen (secondary N) is 1. The van der Waals surface area contributed by atoms with E-state index in [0.717, 1.165) is 32.3 Å². The van der Waals surface area contributed by atoms with Crippen LogP contribution in [0.5, 0.6) is 0 Å². The Hall–Kier alpha value is -0.970. The highest BCUT2D eigenvalue weighted by Gasteiger charge is 2.44. The van der Waals surface area contributed by atoms with Crippen LogP contribution in [0.1, 0.15) is 43.4 Å². The van der Waals surface area contributed by atoms with E-state index in [9.17, 15) is 0 Å². The minimum atomic E-state index is -0.154. The number of ether oxygens (including phenoxy) is 1. The summed E-state index contributed by atoms with van der Waals surface area (Å²) in [6.07, 6.45) is 6.28. The van der Waals surface area contributed by atoms with Crippen molar-refractivity contribution in [1.82, 2.24) is 10.4 Å². The van der Waals surface area contributed by atoms with E-state index in [0.29, 0.717) is 5.92 Å². The van der Waals surface area contributed by atoms with E-state index in [1.807, 2.05) is 12.3 Å². The van der Waals surface area contributed by atoms with Crippen molar-refractivity contribution in [2.75, 3.05) is 6.61 Å². The number of fused-ring (bicyclic) bond motifs is 1. The van der Waals surface area contributed by atoms with Crippen LogP contribution in [-0.4, -0.2) is 23.2 Å². The van der Waals surface area contributed by atoms with Gasteiger partial charge < -0.3 is 4.74 Å². The highest BCUT2D eigenvalue weighted by molar-refractivity contribution is 5.31. The SMILES string of the molecule is CC1(C(NN)C2CCc3cccnc32)CCCO1. The first-order valence-corrected chi connectivity index (χ1v) is 6.78. The Bertz CT molecular complexity index is 429. The molecule has 0 aromatic carbocycles. The first-order valence-electron chi connectivity index (χ1n) is 6.78. The Labute approximate surface area is 108 Å². The number of hydrogen-bond donors (Lipinski definition) is 2. The molecule has 0 saturated carbocycles. The normalized spacial score (nSPS) is 32.4. The predicted molar refractivity (Wildman–Crippen MR) is 70.0 cm³/mol. The molecule has 4 heteroatoms. The lowest BCUT2D eigenvalue weighted by atomic mass is 9.82. The van der Waals surface area contributed by atoms with Crippen LogP contribution in [0.2, 0.25) is 0 Å². The van der Waals surface area contributed by atoms with Crippen molar-refractivity contribution in [3.05, 3.63) is 29.6 Å². The van der Waals surface area contributed by atoms with Gasteiger partial charge in [-0.1, -0.05) is 6.07 Å². The summed E-state index contributed by atoms with van der Waals surface area (Å²) in [6, 6.07) is 4.34. The van der Waals surface area contributed by atoms with Crippen LogP contribution in [0.25, 0.3) is 0 Å². The quantitative estimate of drug-likeness (QED) is 0.628. The van der Waals surface area contributed by atoms with Gasteiger partial charge in [0.25, 0.3) is 0 Å². The highest BCUT2D eigenvalue weighted by Crippen LogP contribution is 2.41. The standard InChI is InChI=1S/C14H21N3O/c1-14(7-3-9-18-14)13(17-15)11-6-5-10-4-2-8-16-12(10)11/h2,4,8,11,13,17H,3,5-7,9,15H2,1H3. The number of aryl methyl sites for hydroxylation is 1. The molecule has 3 unspecified atom stereocenters. The summed E-state index contributed by atoms with van der Waals surface area (Å²) in [5.41, 5.74) is 5.42. The van der Waals surface area contributed by atoms with Crippen LogP contribution >= 0.6 is 0 Å². The fourth-order valence-corrected chi connectivity index (χ4v) is 3.53. The number of nitrogens with zero attached hydrogens (tertiary/aromatic N) is 1. The predicted octanol–water partition coefficient (Wildman–Crippen LogP) is 1.51. The molecule has 1 aliphatic heterocycles. The Kier molecular flexibility index (Phi) is 3.09. The lowest BCUT2D eigenvalue weighted by Crippen LogP contribution is -2.54. The molecular weight excluding hydrogens is 226 g/mol. The summed E-state index contributed by atoms with van der Waals surface area (Å²) in [7, 11) is 0. The second-order valence-corrected chi connectivity index (χ2v) is 5.60. The Morgan fingerprint density at radius 3 is 3.22 bits per heavy atom. The fourth-order valence-electron chi connectivity index (χ4n) is 3.53. The zero-order chi connectivity index (χ0) is 12.6. The van der Waals surface area contributed by atoms with E-state index < -0.39 is 0 Å². The van der Waals surface area contributed by atoms with E-state index in [1.165, 1.54) is 11.3 Å². The number of hydrazine groups is 1. The molecule has 2 heterocycles. The lowest BCUT2D eigenvalue weighted by molar-refractivity contribution is -0.0196. The van der Waals surface area contributed by atoms with Gasteiger partial charge in [-0.25, -0.2) is 0 Å². The zero-order valence-electron chi connectivity index (χ0n) is 10.9. The molecule has 0 amide bonds. The summed E-state index contributed by atoms with van der Waals surface area (Å²) in [5.74, 6) is 6.19. The minimum Gasteiger partial charge on any atom is -0.374 e. The maximum atomic E-state index is 5.95. The van der Waals surface area contributed by atoms with Gasteiger partial charge in [0.1, 0.15) is 0 Å². The van der Waals surface area contributed by atoms with Crippen LogP contribution in [0.3, 0.4) is 0 Å². The largest absolute Gasteiger partial charge is 0.374 e. The third kappa shape index (κ3) is 1.85. The molecule has 1 aromatic heterocycles. The van der Waals surface area contributed by atoms with Gasteiger partial charge in [-0.05, 0) is 44.2 Å². The molecular formula is C14H21N3O. The first kappa shape index (κ1) is 12.1. The molecule has 2 aliphatic rings. The van der Waals surface area contributed by atoms with Gasteiger partial charge in [-0.15, -0.1) is 0 Å². The molecule has 1 aliphatic carbocycles. The van der Waals surface area contributed by atoms with E-state index in [2.05, 4.69) is 23.4 Å². The van der Waals surface area contributed by atoms with Gasteiger partial charge in [-0.3, -0.25) is 16.3 Å². The van der Waals surface area contributed by atoms with Crippen molar-refractivity contribution in [2.45, 2.75) is 50.2 Å². The van der Waals surface area contributed by atoms with Crippen LogP contribution in [0, 0.1) is 0 Å².